The summed E-state index contributed by atoms with van der Waals surface area (Å²) in [4.78, 5) is 8.28. The van der Waals surface area contributed by atoms with Gasteiger partial charge in [0.1, 0.15) is 12.1 Å². The van der Waals surface area contributed by atoms with Gasteiger partial charge in [0.2, 0.25) is 0 Å². The van der Waals surface area contributed by atoms with Crippen LogP contribution in [-0.4, -0.2) is 28.0 Å². The predicted molar refractivity (Wildman–Crippen MR) is 65.3 cm³/mol. The first-order chi connectivity index (χ1) is 7.34. The van der Waals surface area contributed by atoms with Gasteiger partial charge in [-0.15, -0.1) is 0 Å². The number of aromatic nitrogens is 2. The Bertz CT molecular complexity index is 310. The molecule has 1 aromatic heterocycles. The maximum Gasteiger partial charge on any atom is 0.129 e. The Labute approximate surface area is 95.1 Å². The summed E-state index contributed by atoms with van der Waals surface area (Å²) >= 11 is 2.07. The Kier molecular flexibility index (Phi) is 3.83. The second-order valence-electron chi connectivity index (χ2n) is 3.98. The first-order valence-corrected chi connectivity index (χ1v) is 6.60. The second kappa shape index (κ2) is 5.35. The number of hydrogen-bond donors (Lipinski definition) is 1. The molecular formula is C11H17N3S. The molecule has 1 aromatic rings. The smallest absolute Gasteiger partial charge is 0.129 e. The molecule has 2 rings (SSSR count). The molecule has 82 valence electrons. The molecule has 2 heterocycles. The van der Waals surface area contributed by atoms with E-state index in [4.69, 9.17) is 0 Å². The lowest BCUT2D eigenvalue weighted by molar-refractivity contribution is 0.515. The normalized spacial score (nSPS) is 17.7. The molecule has 0 bridgehead atoms. The van der Waals surface area contributed by atoms with Crippen LogP contribution in [0.4, 0.5) is 5.82 Å². The SMILES string of the molecule is Cc1cc(NCC2CCSCC2)ncn1. The third-order valence-corrected chi connectivity index (χ3v) is 3.77. The number of nitrogens with one attached hydrogen (secondary N) is 1. The van der Waals surface area contributed by atoms with Crippen molar-refractivity contribution in [3.05, 3.63) is 18.1 Å². The lowest BCUT2D eigenvalue weighted by Crippen LogP contribution is -2.19. The average Bonchev–Trinajstić information content (AvgIpc) is 2.28. The highest BCUT2D eigenvalue weighted by Crippen LogP contribution is 2.22. The molecule has 0 spiro atoms. The molecule has 0 unspecified atom stereocenters. The molecule has 1 fully saturated rings. The van der Waals surface area contributed by atoms with Crippen molar-refractivity contribution in [1.82, 2.24) is 9.97 Å². The van der Waals surface area contributed by atoms with Crippen molar-refractivity contribution in [2.75, 3.05) is 23.4 Å². The highest BCUT2D eigenvalue weighted by molar-refractivity contribution is 7.99. The summed E-state index contributed by atoms with van der Waals surface area (Å²) in [6.45, 7) is 3.04. The van der Waals surface area contributed by atoms with Crippen LogP contribution in [0.3, 0.4) is 0 Å². The van der Waals surface area contributed by atoms with Crippen LogP contribution in [0.5, 0.6) is 0 Å². The fourth-order valence-corrected chi connectivity index (χ4v) is 2.95. The molecule has 4 heteroatoms. The number of nitrogens with zero attached hydrogens (tertiary/aromatic N) is 2. The van der Waals surface area contributed by atoms with Gasteiger partial charge in [0.05, 0.1) is 0 Å². The first kappa shape index (κ1) is 10.7. The van der Waals surface area contributed by atoms with Crippen LogP contribution in [-0.2, 0) is 0 Å². The number of rotatable bonds is 3. The van der Waals surface area contributed by atoms with Gasteiger partial charge in [-0.1, -0.05) is 0 Å². The Morgan fingerprint density at radius 3 is 2.93 bits per heavy atom. The lowest BCUT2D eigenvalue weighted by atomic mass is 10.0. The molecule has 3 nitrogen and oxygen atoms in total. The Morgan fingerprint density at radius 1 is 1.40 bits per heavy atom. The number of thioether (sulfide) groups is 1. The molecular weight excluding hydrogens is 206 g/mol. The fraction of sp³-hybridized carbons (Fsp3) is 0.636. The molecule has 1 aliphatic heterocycles. The van der Waals surface area contributed by atoms with Crippen LogP contribution in [0.15, 0.2) is 12.4 Å². The van der Waals surface area contributed by atoms with Crippen molar-refractivity contribution < 1.29 is 0 Å². The highest BCUT2D eigenvalue weighted by atomic mass is 32.2. The number of hydrogen-bond acceptors (Lipinski definition) is 4. The first-order valence-electron chi connectivity index (χ1n) is 5.45. The summed E-state index contributed by atoms with van der Waals surface area (Å²) in [5.74, 6) is 4.41. The number of aryl methyl sites for hydroxylation is 1. The third kappa shape index (κ3) is 3.38. The van der Waals surface area contributed by atoms with Crippen LogP contribution in [0.2, 0.25) is 0 Å². The molecule has 1 saturated heterocycles. The van der Waals surface area contributed by atoms with E-state index in [1.165, 1.54) is 24.3 Å². The summed E-state index contributed by atoms with van der Waals surface area (Å²) < 4.78 is 0. The van der Waals surface area contributed by atoms with Crippen molar-refractivity contribution in [1.29, 1.82) is 0 Å². The van der Waals surface area contributed by atoms with Crippen LogP contribution in [0.1, 0.15) is 18.5 Å². The van der Waals surface area contributed by atoms with Gasteiger partial charge in [0.15, 0.2) is 0 Å². The van der Waals surface area contributed by atoms with E-state index < -0.39 is 0 Å². The van der Waals surface area contributed by atoms with Gasteiger partial charge in [-0.2, -0.15) is 11.8 Å². The van der Waals surface area contributed by atoms with Crippen LogP contribution >= 0.6 is 11.8 Å². The average molecular weight is 223 g/mol. The van der Waals surface area contributed by atoms with Gasteiger partial charge in [0.25, 0.3) is 0 Å². The van der Waals surface area contributed by atoms with Crippen LogP contribution in [0, 0.1) is 12.8 Å². The van der Waals surface area contributed by atoms with E-state index in [1.54, 1.807) is 6.33 Å². The molecule has 0 radical (unpaired) electrons. The van der Waals surface area contributed by atoms with Crippen LogP contribution < -0.4 is 5.32 Å². The summed E-state index contributed by atoms with van der Waals surface area (Å²) in [5.41, 5.74) is 1.02. The molecule has 15 heavy (non-hydrogen) atoms. The second-order valence-corrected chi connectivity index (χ2v) is 5.21. The minimum atomic E-state index is 0.821. The Morgan fingerprint density at radius 2 is 2.20 bits per heavy atom. The zero-order valence-corrected chi connectivity index (χ0v) is 9.89. The monoisotopic (exact) mass is 223 g/mol. The largest absolute Gasteiger partial charge is 0.370 e. The van der Waals surface area contributed by atoms with Crippen molar-refractivity contribution in [3.8, 4) is 0 Å². The van der Waals surface area contributed by atoms with Gasteiger partial charge >= 0.3 is 0 Å². The van der Waals surface area contributed by atoms with E-state index in [9.17, 15) is 0 Å². The Balaban J connectivity index is 1.81. The molecule has 0 atom stereocenters. The maximum absolute atomic E-state index is 4.20. The van der Waals surface area contributed by atoms with Gasteiger partial charge in [0, 0.05) is 18.3 Å². The molecule has 0 saturated carbocycles. The molecule has 0 aliphatic carbocycles. The zero-order chi connectivity index (χ0) is 10.5. The molecule has 1 aliphatic rings. The Hall–Kier alpha value is -0.770. The minimum Gasteiger partial charge on any atom is -0.370 e. The van der Waals surface area contributed by atoms with Crippen molar-refractivity contribution in [2.24, 2.45) is 5.92 Å². The summed E-state index contributed by atoms with van der Waals surface area (Å²) in [6.07, 6.45) is 4.29. The van der Waals surface area contributed by atoms with Gasteiger partial charge < -0.3 is 5.32 Å². The fourth-order valence-electron chi connectivity index (χ4n) is 1.75. The van der Waals surface area contributed by atoms with Gasteiger partial charge in [-0.05, 0) is 37.2 Å². The van der Waals surface area contributed by atoms with E-state index in [0.29, 0.717) is 0 Å². The molecule has 0 amide bonds. The summed E-state index contributed by atoms with van der Waals surface area (Å²) in [7, 11) is 0. The summed E-state index contributed by atoms with van der Waals surface area (Å²) in [5, 5.41) is 3.39. The van der Waals surface area contributed by atoms with E-state index in [2.05, 4.69) is 27.0 Å². The van der Waals surface area contributed by atoms with E-state index in [0.717, 1.165) is 24.0 Å². The van der Waals surface area contributed by atoms with Crippen LogP contribution in [0.25, 0.3) is 0 Å². The maximum atomic E-state index is 4.20. The zero-order valence-electron chi connectivity index (χ0n) is 9.07. The van der Waals surface area contributed by atoms with Crippen molar-refractivity contribution in [2.45, 2.75) is 19.8 Å². The quantitative estimate of drug-likeness (QED) is 0.853. The van der Waals surface area contributed by atoms with Gasteiger partial charge in [-0.25, -0.2) is 9.97 Å². The van der Waals surface area contributed by atoms with Crippen molar-refractivity contribution >= 4 is 17.6 Å². The lowest BCUT2D eigenvalue weighted by Gasteiger charge is -2.21. The summed E-state index contributed by atoms with van der Waals surface area (Å²) in [6, 6.07) is 2.00. The highest BCUT2D eigenvalue weighted by Gasteiger charge is 2.13. The third-order valence-electron chi connectivity index (χ3n) is 2.72. The van der Waals surface area contributed by atoms with E-state index >= 15 is 0 Å². The number of anilines is 1. The van der Waals surface area contributed by atoms with Crippen molar-refractivity contribution in [3.63, 3.8) is 0 Å². The van der Waals surface area contributed by atoms with E-state index in [1.807, 2.05) is 13.0 Å². The topological polar surface area (TPSA) is 37.8 Å². The van der Waals surface area contributed by atoms with Gasteiger partial charge in [-0.3, -0.25) is 0 Å². The predicted octanol–water partition coefficient (Wildman–Crippen LogP) is 2.34. The molecule has 0 aromatic carbocycles. The molecule has 1 N–H and O–H groups in total. The van der Waals surface area contributed by atoms with E-state index in [-0.39, 0.29) is 0 Å². The minimum absolute atomic E-state index is 0.821. The standard InChI is InChI=1S/C11H17N3S/c1-9-6-11(14-8-13-9)12-7-10-2-4-15-5-3-10/h6,8,10H,2-5,7H2,1H3,(H,12,13,14).